The van der Waals surface area contributed by atoms with Gasteiger partial charge in [-0.1, -0.05) is 13.3 Å². The smallest absolute Gasteiger partial charge is 0.313 e. The lowest BCUT2D eigenvalue weighted by molar-refractivity contribution is -0.136. The third-order valence-corrected chi connectivity index (χ3v) is 2.68. The minimum Gasteiger partial charge on any atom is -0.497 e. The van der Waals surface area contributed by atoms with E-state index in [9.17, 15) is 9.59 Å². The Labute approximate surface area is 118 Å². The first kappa shape index (κ1) is 15.8. The van der Waals surface area contributed by atoms with Crippen LogP contribution in [-0.4, -0.2) is 32.6 Å². The van der Waals surface area contributed by atoms with E-state index in [1.807, 2.05) is 6.92 Å². The third kappa shape index (κ3) is 4.46. The molecule has 0 spiro atoms. The number of methoxy groups -OCH3 is 2. The fourth-order valence-corrected chi connectivity index (χ4v) is 1.54. The molecule has 0 unspecified atom stereocenters. The van der Waals surface area contributed by atoms with Gasteiger partial charge in [0.15, 0.2) is 0 Å². The van der Waals surface area contributed by atoms with Crippen molar-refractivity contribution < 1.29 is 19.1 Å². The van der Waals surface area contributed by atoms with Crippen LogP contribution in [0, 0.1) is 0 Å². The van der Waals surface area contributed by atoms with E-state index in [1.54, 1.807) is 18.2 Å². The normalized spacial score (nSPS) is 9.75. The van der Waals surface area contributed by atoms with Gasteiger partial charge in [-0.2, -0.15) is 0 Å². The lowest BCUT2D eigenvalue weighted by Gasteiger charge is -2.11. The van der Waals surface area contributed by atoms with Crippen molar-refractivity contribution in [3.63, 3.8) is 0 Å². The Morgan fingerprint density at radius 3 is 2.50 bits per heavy atom. The highest BCUT2D eigenvalue weighted by atomic mass is 16.5. The van der Waals surface area contributed by atoms with Gasteiger partial charge >= 0.3 is 11.8 Å². The molecule has 6 nitrogen and oxygen atoms in total. The number of unbranched alkanes of at least 4 members (excludes halogenated alkanes) is 1. The van der Waals surface area contributed by atoms with Crippen LogP contribution >= 0.6 is 0 Å². The van der Waals surface area contributed by atoms with E-state index in [2.05, 4.69) is 10.6 Å². The summed E-state index contributed by atoms with van der Waals surface area (Å²) >= 11 is 0. The molecule has 2 N–H and O–H groups in total. The maximum absolute atomic E-state index is 11.7. The predicted octanol–water partition coefficient (Wildman–Crippen LogP) is 1.56. The molecule has 20 heavy (non-hydrogen) atoms. The van der Waals surface area contributed by atoms with Crippen molar-refractivity contribution >= 4 is 17.5 Å². The Kier molecular flexibility index (Phi) is 6.36. The zero-order valence-electron chi connectivity index (χ0n) is 12.0. The van der Waals surface area contributed by atoms with Gasteiger partial charge in [0.05, 0.1) is 19.9 Å². The van der Waals surface area contributed by atoms with Crippen LogP contribution in [0.4, 0.5) is 5.69 Å². The minimum absolute atomic E-state index is 0.420. The molecular formula is C14H20N2O4. The van der Waals surface area contributed by atoms with Gasteiger partial charge in [0.1, 0.15) is 11.5 Å². The zero-order chi connectivity index (χ0) is 15.0. The molecule has 0 bridgehead atoms. The number of nitrogens with one attached hydrogen (secondary N) is 2. The lowest BCUT2D eigenvalue weighted by atomic mass is 10.2. The highest BCUT2D eigenvalue weighted by Gasteiger charge is 2.15. The fourth-order valence-electron chi connectivity index (χ4n) is 1.54. The molecule has 110 valence electrons. The molecule has 0 aromatic heterocycles. The summed E-state index contributed by atoms with van der Waals surface area (Å²) in [6.45, 7) is 2.50. The number of anilines is 1. The van der Waals surface area contributed by atoms with Crippen LogP contribution in [0.1, 0.15) is 19.8 Å². The van der Waals surface area contributed by atoms with Gasteiger partial charge in [0.2, 0.25) is 0 Å². The van der Waals surface area contributed by atoms with Gasteiger partial charge in [0.25, 0.3) is 0 Å². The average molecular weight is 280 g/mol. The summed E-state index contributed by atoms with van der Waals surface area (Å²) < 4.78 is 10.2. The molecule has 0 aliphatic rings. The number of amides is 2. The second-order valence-corrected chi connectivity index (χ2v) is 4.13. The van der Waals surface area contributed by atoms with Crippen LogP contribution in [-0.2, 0) is 9.59 Å². The Hall–Kier alpha value is -2.24. The Bertz CT molecular complexity index is 474. The van der Waals surface area contributed by atoms with Gasteiger partial charge in [0, 0.05) is 12.6 Å². The summed E-state index contributed by atoms with van der Waals surface area (Å²) in [5.74, 6) is -0.341. The Morgan fingerprint density at radius 2 is 1.90 bits per heavy atom. The Morgan fingerprint density at radius 1 is 1.15 bits per heavy atom. The number of ether oxygens (including phenoxy) is 2. The van der Waals surface area contributed by atoms with Crippen molar-refractivity contribution in [3.05, 3.63) is 18.2 Å². The first-order valence-corrected chi connectivity index (χ1v) is 6.43. The average Bonchev–Trinajstić information content (AvgIpc) is 2.47. The van der Waals surface area contributed by atoms with Crippen molar-refractivity contribution in [2.24, 2.45) is 0 Å². The first-order valence-electron chi connectivity index (χ1n) is 6.43. The molecule has 0 aliphatic heterocycles. The molecule has 0 heterocycles. The van der Waals surface area contributed by atoms with E-state index in [4.69, 9.17) is 9.47 Å². The fraction of sp³-hybridized carbons (Fsp3) is 0.429. The second-order valence-electron chi connectivity index (χ2n) is 4.13. The molecule has 0 aliphatic carbocycles. The predicted molar refractivity (Wildman–Crippen MR) is 76.1 cm³/mol. The molecule has 0 atom stereocenters. The monoisotopic (exact) mass is 280 g/mol. The highest BCUT2D eigenvalue weighted by Crippen LogP contribution is 2.28. The summed E-state index contributed by atoms with van der Waals surface area (Å²) in [7, 11) is 3.01. The molecule has 0 fully saturated rings. The van der Waals surface area contributed by atoms with Crippen LogP contribution < -0.4 is 20.1 Å². The molecule has 1 rings (SSSR count). The van der Waals surface area contributed by atoms with Crippen molar-refractivity contribution in [2.75, 3.05) is 26.1 Å². The molecule has 6 heteroatoms. The molecule has 1 aromatic carbocycles. The summed E-state index contributed by atoms with van der Waals surface area (Å²) in [5, 5.41) is 5.06. The summed E-state index contributed by atoms with van der Waals surface area (Å²) in [6.07, 6.45) is 1.79. The van der Waals surface area contributed by atoms with Crippen molar-refractivity contribution in [3.8, 4) is 11.5 Å². The summed E-state index contributed by atoms with van der Waals surface area (Å²) in [5.41, 5.74) is 0.420. The van der Waals surface area contributed by atoms with Gasteiger partial charge in [-0.05, 0) is 18.6 Å². The first-order chi connectivity index (χ1) is 9.62. The van der Waals surface area contributed by atoms with Gasteiger partial charge in [-0.3, -0.25) is 9.59 Å². The van der Waals surface area contributed by atoms with E-state index in [0.717, 1.165) is 12.8 Å². The zero-order valence-corrected chi connectivity index (χ0v) is 12.0. The highest BCUT2D eigenvalue weighted by molar-refractivity contribution is 6.39. The number of hydrogen-bond donors (Lipinski definition) is 2. The number of carbonyl (C=O) groups excluding carboxylic acids is 2. The maximum Gasteiger partial charge on any atom is 0.313 e. The third-order valence-electron chi connectivity index (χ3n) is 2.68. The lowest BCUT2D eigenvalue weighted by Crippen LogP contribution is -2.35. The largest absolute Gasteiger partial charge is 0.497 e. The van der Waals surface area contributed by atoms with Crippen LogP contribution in [0.25, 0.3) is 0 Å². The van der Waals surface area contributed by atoms with Crippen molar-refractivity contribution in [1.82, 2.24) is 5.32 Å². The van der Waals surface area contributed by atoms with E-state index in [-0.39, 0.29) is 0 Å². The quantitative estimate of drug-likeness (QED) is 0.612. The van der Waals surface area contributed by atoms with Crippen LogP contribution in [0.3, 0.4) is 0 Å². The van der Waals surface area contributed by atoms with Crippen molar-refractivity contribution in [2.45, 2.75) is 19.8 Å². The standard InChI is InChI=1S/C14H20N2O4/c1-4-5-8-15-13(17)14(18)16-11-7-6-10(19-2)9-12(11)20-3/h6-7,9H,4-5,8H2,1-3H3,(H,15,17)(H,16,18). The topological polar surface area (TPSA) is 76.7 Å². The summed E-state index contributed by atoms with van der Waals surface area (Å²) in [6, 6.07) is 4.92. The van der Waals surface area contributed by atoms with E-state index in [1.165, 1.54) is 14.2 Å². The minimum atomic E-state index is -0.718. The SMILES string of the molecule is CCCCNC(=O)C(=O)Nc1ccc(OC)cc1OC. The molecule has 1 aromatic rings. The van der Waals surface area contributed by atoms with Gasteiger partial charge in [-0.15, -0.1) is 0 Å². The number of carbonyl (C=O) groups is 2. The van der Waals surface area contributed by atoms with Crippen LogP contribution in [0.2, 0.25) is 0 Å². The number of hydrogen-bond acceptors (Lipinski definition) is 4. The Balaban J connectivity index is 2.67. The van der Waals surface area contributed by atoms with Gasteiger partial charge < -0.3 is 20.1 Å². The molecule has 0 saturated heterocycles. The van der Waals surface area contributed by atoms with Crippen molar-refractivity contribution in [1.29, 1.82) is 0 Å². The maximum atomic E-state index is 11.7. The number of rotatable bonds is 6. The molecule has 0 radical (unpaired) electrons. The van der Waals surface area contributed by atoms with Crippen LogP contribution in [0.5, 0.6) is 11.5 Å². The molecule has 2 amide bonds. The van der Waals surface area contributed by atoms with Gasteiger partial charge in [-0.25, -0.2) is 0 Å². The van der Waals surface area contributed by atoms with Crippen LogP contribution in [0.15, 0.2) is 18.2 Å². The van der Waals surface area contributed by atoms with E-state index < -0.39 is 11.8 Å². The molecular weight excluding hydrogens is 260 g/mol. The summed E-state index contributed by atoms with van der Waals surface area (Å²) in [4.78, 5) is 23.3. The van der Waals surface area contributed by atoms with E-state index in [0.29, 0.717) is 23.7 Å². The number of benzene rings is 1. The second kappa shape index (κ2) is 8.04. The van der Waals surface area contributed by atoms with E-state index >= 15 is 0 Å². The molecule has 0 saturated carbocycles.